The molecule has 0 bridgehead atoms. The Morgan fingerprint density at radius 2 is 2.00 bits per heavy atom. The Hall–Kier alpha value is -2.48. The number of carbonyl (C=O) groups is 2. The van der Waals surface area contributed by atoms with Crippen LogP contribution >= 0.6 is 0 Å². The molecule has 7 nitrogen and oxygen atoms in total. The zero-order valence-electron chi connectivity index (χ0n) is 15.7. The fourth-order valence-corrected chi connectivity index (χ4v) is 3.99. The van der Waals surface area contributed by atoms with Crippen molar-refractivity contribution in [1.82, 2.24) is 15.8 Å². The summed E-state index contributed by atoms with van der Waals surface area (Å²) in [6, 6.07) is 5.44. The summed E-state index contributed by atoms with van der Waals surface area (Å²) in [5, 5.41) is 22.6. The molecule has 0 saturated heterocycles. The summed E-state index contributed by atoms with van der Waals surface area (Å²) in [6.45, 7) is 5.19. The molecular weight excluding hydrogens is 346 g/mol. The summed E-state index contributed by atoms with van der Waals surface area (Å²) in [7, 11) is 0. The van der Waals surface area contributed by atoms with Gasteiger partial charge in [0, 0.05) is 22.9 Å². The molecule has 2 atom stereocenters. The number of aromatic amines is 1. The first-order valence-corrected chi connectivity index (χ1v) is 9.02. The molecule has 0 radical (unpaired) electrons. The van der Waals surface area contributed by atoms with Crippen molar-refractivity contribution in [3.63, 3.8) is 0 Å². The van der Waals surface area contributed by atoms with Gasteiger partial charge in [-0.1, -0.05) is 6.07 Å². The summed E-state index contributed by atoms with van der Waals surface area (Å²) >= 11 is 0. The predicted octanol–water partition coefficient (Wildman–Crippen LogP) is 2.09. The van der Waals surface area contributed by atoms with Crippen LogP contribution < -0.4 is 10.8 Å². The van der Waals surface area contributed by atoms with E-state index < -0.39 is 12.1 Å². The maximum absolute atomic E-state index is 11.8. The number of H-pyrrole nitrogens is 1. The molecule has 1 amide bonds. The van der Waals surface area contributed by atoms with Gasteiger partial charge < -0.3 is 10.1 Å². The minimum atomic E-state index is -0.886. The number of nitrogens with one attached hydrogen (secondary N) is 3. The van der Waals surface area contributed by atoms with Gasteiger partial charge in [0.15, 0.2) is 5.78 Å². The zero-order valence-corrected chi connectivity index (χ0v) is 15.7. The summed E-state index contributed by atoms with van der Waals surface area (Å²) in [5.41, 5.74) is 7.06. The average molecular weight is 371 g/mol. The van der Waals surface area contributed by atoms with Crippen LogP contribution in [0.15, 0.2) is 18.2 Å². The van der Waals surface area contributed by atoms with E-state index in [1.54, 1.807) is 17.6 Å². The number of fused-ring (bicyclic) bond motifs is 1. The molecule has 1 aromatic carbocycles. The highest BCUT2D eigenvalue weighted by Crippen LogP contribution is 2.26. The van der Waals surface area contributed by atoms with Crippen molar-refractivity contribution in [2.45, 2.75) is 52.3 Å². The maximum atomic E-state index is 11.8. The molecule has 1 heterocycles. The van der Waals surface area contributed by atoms with E-state index in [1.165, 1.54) is 6.92 Å². The highest BCUT2D eigenvalue weighted by atomic mass is 16.5. The van der Waals surface area contributed by atoms with Crippen LogP contribution in [-0.2, 0) is 12.8 Å². The van der Waals surface area contributed by atoms with Gasteiger partial charge >= 0.3 is 0 Å². The predicted molar refractivity (Wildman–Crippen MR) is 99.9 cm³/mol. The number of hydrogen-bond acceptors (Lipinski definition) is 5. The van der Waals surface area contributed by atoms with Crippen molar-refractivity contribution < 1.29 is 19.9 Å². The van der Waals surface area contributed by atoms with Crippen LogP contribution in [0, 0.1) is 13.8 Å². The van der Waals surface area contributed by atoms with Gasteiger partial charge in [-0.25, -0.2) is 5.48 Å². The first-order chi connectivity index (χ1) is 12.8. The number of aliphatic hydroxyl groups excluding tert-OH is 1. The third-order valence-electron chi connectivity index (χ3n) is 5.29. The van der Waals surface area contributed by atoms with Gasteiger partial charge in [-0.15, -0.1) is 0 Å². The third kappa shape index (κ3) is 3.80. The molecule has 27 heavy (non-hydrogen) atoms. The highest BCUT2D eigenvalue weighted by molar-refractivity contribution is 5.97. The monoisotopic (exact) mass is 371 g/mol. The number of aryl methyl sites for hydroxylation is 2. The molecule has 0 fully saturated rings. The molecule has 1 aliphatic carbocycles. The van der Waals surface area contributed by atoms with E-state index in [4.69, 9.17) is 5.21 Å². The van der Waals surface area contributed by atoms with Crippen LogP contribution in [-0.4, -0.2) is 33.0 Å². The second kappa shape index (κ2) is 7.64. The summed E-state index contributed by atoms with van der Waals surface area (Å²) in [5.74, 6) is -0.540. The Morgan fingerprint density at radius 1 is 1.26 bits per heavy atom. The van der Waals surface area contributed by atoms with E-state index >= 15 is 0 Å². The van der Waals surface area contributed by atoms with Crippen molar-refractivity contribution in [2.24, 2.45) is 0 Å². The second-order valence-corrected chi connectivity index (χ2v) is 7.15. The lowest BCUT2D eigenvalue weighted by Crippen LogP contribution is -2.37. The number of aliphatic hydroxyl groups is 1. The van der Waals surface area contributed by atoms with Crippen molar-refractivity contribution in [1.29, 1.82) is 0 Å². The standard InChI is InChI=1S/C20H25N3O4/c1-10-17(12(3)24)11(2)21-18(10)20(26)22-16-7-6-13-8-15(19(25)23-27)5-4-14(13)9-16/h4-5,8,16,20-22,26-27H,6-7,9H2,1-3H3,(H,23,25). The molecular formula is C20H25N3O4. The SMILES string of the molecule is CC(=O)c1c(C)[nH]c(C(O)NC2CCc3cc(C(=O)NO)ccc3C2)c1C. The maximum Gasteiger partial charge on any atom is 0.274 e. The van der Waals surface area contributed by atoms with Crippen LogP contribution in [0.5, 0.6) is 0 Å². The number of aromatic nitrogens is 1. The zero-order chi connectivity index (χ0) is 19.7. The summed E-state index contributed by atoms with van der Waals surface area (Å²) in [6.07, 6.45) is 1.43. The van der Waals surface area contributed by atoms with Crippen molar-refractivity contribution in [3.8, 4) is 0 Å². The Bertz CT molecular complexity index is 888. The molecule has 1 aromatic heterocycles. The molecule has 5 N–H and O–H groups in total. The average Bonchev–Trinajstić information content (AvgIpc) is 2.95. The Kier molecular flexibility index (Phi) is 5.46. The quantitative estimate of drug-likeness (QED) is 0.239. The third-order valence-corrected chi connectivity index (χ3v) is 5.29. The minimum Gasteiger partial charge on any atom is -0.373 e. The number of hydroxylamine groups is 1. The molecule has 144 valence electrons. The molecule has 2 aromatic rings. The number of Topliss-reactive ketones (excluding diaryl/α,β-unsaturated/α-hetero) is 1. The lowest BCUT2D eigenvalue weighted by molar-refractivity contribution is 0.0706. The van der Waals surface area contributed by atoms with Crippen LogP contribution in [0.3, 0.4) is 0 Å². The first kappa shape index (κ1) is 19.3. The van der Waals surface area contributed by atoms with E-state index in [0.717, 1.165) is 41.6 Å². The smallest absolute Gasteiger partial charge is 0.274 e. The van der Waals surface area contributed by atoms with Gasteiger partial charge in [-0.2, -0.15) is 0 Å². The number of benzene rings is 1. The fraction of sp³-hybridized carbons (Fsp3) is 0.400. The number of carbonyl (C=O) groups excluding carboxylic acids is 2. The van der Waals surface area contributed by atoms with Crippen molar-refractivity contribution >= 4 is 11.7 Å². The van der Waals surface area contributed by atoms with Crippen LogP contribution in [0.4, 0.5) is 0 Å². The molecule has 0 aliphatic heterocycles. The van der Waals surface area contributed by atoms with E-state index in [-0.39, 0.29) is 11.8 Å². The van der Waals surface area contributed by atoms with Crippen LogP contribution in [0.1, 0.15) is 68.4 Å². The Morgan fingerprint density at radius 3 is 2.63 bits per heavy atom. The molecule has 0 saturated carbocycles. The number of ketones is 1. The topological polar surface area (TPSA) is 114 Å². The second-order valence-electron chi connectivity index (χ2n) is 7.15. The molecule has 3 rings (SSSR count). The Labute approximate surface area is 157 Å². The van der Waals surface area contributed by atoms with E-state index in [0.29, 0.717) is 16.8 Å². The lowest BCUT2D eigenvalue weighted by atomic mass is 9.87. The van der Waals surface area contributed by atoms with E-state index in [1.807, 2.05) is 19.9 Å². The summed E-state index contributed by atoms with van der Waals surface area (Å²) < 4.78 is 0. The van der Waals surface area contributed by atoms with Crippen LogP contribution in [0.2, 0.25) is 0 Å². The number of hydrogen-bond donors (Lipinski definition) is 5. The van der Waals surface area contributed by atoms with Gasteiger partial charge in [0.05, 0.1) is 5.69 Å². The molecule has 0 spiro atoms. The molecule has 7 heteroatoms. The highest BCUT2D eigenvalue weighted by Gasteiger charge is 2.25. The van der Waals surface area contributed by atoms with Crippen molar-refractivity contribution in [2.75, 3.05) is 0 Å². The van der Waals surface area contributed by atoms with Gasteiger partial charge in [-0.3, -0.25) is 20.1 Å². The largest absolute Gasteiger partial charge is 0.373 e. The van der Waals surface area contributed by atoms with Crippen molar-refractivity contribution in [3.05, 3.63) is 57.4 Å². The van der Waals surface area contributed by atoms with Gasteiger partial charge in [0.25, 0.3) is 5.91 Å². The molecule has 1 aliphatic rings. The van der Waals surface area contributed by atoms with Gasteiger partial charge in [-0.05, 0) is 68.9 Å². The fourth-order valence-electron chi connectivity index (χ4n) is 3.99. The van der Waals surface area contributed by atoms with Crippen LogP contribution in [0.25, 0.3) is 0 Å². The number of rotatable bonds is 5. The normalized spacial score (nSPS) is 17.3. The number of amides is 1. The summed E-state index contributed by atoms with van der Waals surface area (Å²) in [4.78, 5) is 26.5. The Balaban J connectivity index is 1.72. The lowest BCUT2D eigenvalue weighted by Gasteiger charge is -2.28. The van der Waals surface area contributed by atoms with E-state index in [9.17, 15) is 14.7 Å². The molecule has 2 unspecified atom stereocenters. The minimum absolute atomic E-state index is 0.0194. The van der Waals surface area contributed by atoms with Gasteiger partial charge in [0.2, 0.25) is 0 Å². The van der Waals surface area contributed by atoms with E-state index in [2.05, 4.69) is 10.3 Å². The first-order valence-electron chi connectivity index (χ1n) is 9.02. The van der Waals surface area contributed by atoms with Gasteiger partial charge in [0.1, 0.15) is 6.23 Å².